The van der Waals surface area contributed by atoms with Gasteiger partial charge in [-0.15, -0.1) is 0 Å². The summed E-state index contributed by atoms with van der Waals surface area (Å²) < 4.78 is 5.14. The van der Waals surface area contributed by atoms with E-state index in [1.54, 1.807) is 7.11 Å². The Labute approximate surface area is 142 Å². The predicted octanol–water partition coefficient (Wildman–Crippen LogP) is 1.75. The van der Waals surface area contributed by atoms with Gasteiger partial charge in [0.1, 0.15) is 5.82 Å². The molecule has 7 nitrogen and oxygen atoms in total. The van der Waals surface area contributed by atoms with Crippen LogP contribution in [0.5, 0.6) is 0 Å². The zero-order chi connectivity index (χ0) is 17.1. The number of likely N-dealkylation sites (tertiary alicyclic amines) is 1. The predicted molar refractivity (Wildman–Crippen MR) is 96.2 cm³/mol. The first-order valence-electron chi connectivity index (χ1n) is 8.46. The number of methoxy groups -OCH3 is 1. The molecule has 0 radical (unpaired) electrons. The van der Waals surface area contributed by atoms with Gasteiger partial charge in [0.2, 0.25) is 5.95 Å². The minimum Gasteiger partial charge on any atom is -0.383 e. The third-order valence-electron chi connectivity index (χ3n) is 4.55. The van der Waals surface area contributed by atoms with Gasteiger partial charge < -0.3 is 20.7 Å². The lowest BCUT2D eigenvalue weighted by Gasteiger charge is -2.32. The summed E-state index contributed by atoms with van der Waals surface area (Å²) in [6.45, 7) is 7.87. The fourth-order valence-corrected chi connectivity index (χ4v) is 3.28. The molecule has 7 heteroatoms. The lowest BCUT2D eigenvalue weighted by Crippen LogP contribution is -2.40. The molecule has 24 heavy (non-hydrogen) atoms. The summed E-state index contributed by atoms with van der Waals surface area (Å²) in [4.78, 5) is 15.9. The van der Waals surface area contributed by atoms with Crippen molar-refractivity contribution in [1.29, 1.82) is 0 Å². The molecule has 1 aliphatic heterocycles. The Bertz CT molecular complexity index is 712. The molecular formula is C17H26N6O. The smallest absolute Gasteiger partial charge is 0.226 e. The van der Waals surface area contributed by atoms with E-state index in [0.29, 0.717) is 23.5 Å². The number of hydrogen-bond acceptors (Lipinski definition) is 7. The molecule has 1 aliphatic rings. The molecule has 0 spiro atoms. The molecule has 130 valence electrons. The van der Waals surface area contributed by atoms with Gasteiger partial charge >= 0.3 is 0 Å². The van der Waals surface area contributed by atoms with Crippen LogP contribution >= 0.6 is 0 Å². The Kier molecular flexibility index (Phi) is 5.11. The first-order valence-corrected chi connectivity index (χ1v) is 8.46. The van der Waals surface area contributed by atoms with Crippen LogP contribution in [0.2, 0.25) is 0 Å². The van der Waals surface area contributed by atoms with E-state index in [2.05, 4.69) is 25.2 Å². The lowest BCUT2D eigenvalue weighted by molar-refractivity contribution is 0.132. The molecule has 3 heterocycles. The Hall–Kier alpha value is -1.99. The summed E-state index contributed by atoms with van der Waals surface area (Å²) in [5.74, 6) is 1.07. The van der Waals surface area contributed by atoms with Crippen molar-refractivity contribution in [3.8, 4) is 0 Å². The first-order chi connectivity index (χ1) is 11.6. The van der Waals surface area contributed by atoms with Gasteiger partial charge in [-0.25, -0.2) is 4.98 Å². The number of aromatic nitrogens is 3. The second kappa shape index (κ2) is 7.27. The summed E-state index contributed by atoms with van der Waals surface area (Å²) in [5, 5.41) is 4.28. The van der Waals surface area contributed by atoms with Gasteiger partial charge in [0.15, 0.2) is 5.65 Å². The third kappa shape index (κ3) is 3.73. The average molecular weight is 330 g/mol. The number of hydrogen-bond donors (Lipinski definition) is 2. The molecule has 0 aliphatic carbocycles. The van der Waals surface area contributed by atoms with Gasteiger partial charge in [-0.1, -0.05) is 0 Å². The molecule has 1 fully saturated rings. The molecule has 0 bridgehead atoms. The topological polar surface area (TPSA) is 89.2 Å². The third-order valence-corrected chi connectivity index (χ3v) is 4.55. The number of pyridine rings is 1. The first kappa shape index (κ1) is 16.9. The number of piperidine rings is 1. The van der Waals surface area contributed by atoms with E-state index in [1.807, 2.05) is 19.9 Å². The molecule has 0 saturated carbocycles. The minimum absolute atomic E-state index is 0.367. The highest BCUT2D eigenvalue weighted by Gasteiger charge is 2.20. The highest BCUT2D eigenvalue weighted by Crippen LogP contribution is 2.23. The highest BCUT2D eigenvalue weighted by molar-refractivity contribution is 5.89. The molecule has 2 aromatic rings. The minimum atomic E-state index is 0.367. The molecule has 0 unspecified atom stereocenters. The van der Waals surface area contributed by atoms with Crippen molar-refractivity contribution in [3.05, 3.63) is 17.3 Å². The van der Waals surface area contributed by atoms with Crippen LogP contribution in [-0.2, 0) is 4.74 Å². The summed E-state index contributed by atoms with van der Waals surface area (Å²) in [6, 6.07) is 2.37. The van der Waals surface area contributed by atoms with Crippen molar-refractivity contribution >= 4 is 22.8 Å². The number of aryl methyl sites for hydroxylation is 2. The Morgan fingerprint density at radius 1 is 1.25 bits per heavy atom. The zero-order valence-corrected chi connectivity index (χ0v) is 14.7. The van der Waals surface area contributed by atoms with E-state index in [9.17, 15) is 0 Å². The zero-order valence-electron chi connectivity index (χ0n) is 14.7. The number of nitrogen functional groups attached to an aromatic ring is 1. The SMILES string of the molecule is COCCN1CCC(Nc2nc(N)c3c(C)cc(C)nc3n2)CC1. The van der Waals surface area contributed by atoms with Crippen molar-refractivity contribution in [1.82, 2.24) is 19.9 Å². The quantitative estimate of drug-likeness (QED) is 0.863. The average Bonchev–Trinajstić information content (AvgIpc) is 2.53. The molecule has 3 rings (SSSR count). The molecule has 0 aromatic carbocycles. The van der Waals surface area contributed by atoms with Gasteiger partial charge in [0.05, 0.1) is 12.0 Å². The maximum absolute atomic E-state index is 6.14. The molecule has 2 aromatic heterocycles. The second-order valence-electron chi connectivity index (χ2n) is 6.46. The van der Waals surface area contributed by atoms with Crippen LogP contribution in [0.4, 0.5) is 11.8 Å². The van der Waals surface area contributed by atoms with Crippen LogP contribution in [0.25, 0.3) is 11.0 Å². The van der Waals surface area contributed by atoms with Crippen LogP contribution in [-0.4, -0.2) is 59.2 Å². The molecule has 3 N–H and O–H groups in total. The van der Waals surface area contributed by atoms with Crippen molar-refractivity contribution in [2.24, 2.45) is 0 Å². The van der Waals surface area contributed by atoms with Gasteiger partial charge in [0.25, 0.3) is 0 Å². The van der Waals surface area contributed by atoms with E-state index in [-0.39, 0.29) is 0 Å². The Morgan fingerprint density at radius 3 is 2.71 bits per heavy atom. The summed E-state index contributed by atoms with van der Waals surface area (Å²) in [6.07, 6.45) is 2.12. The van der Waals surface area contributed by atoms with Crippen molar-refractivity contribution < 1.29 is 4.74 Å². The summed E-state index contributed by atoms with van der Waals surface area (Å²) >= 11 is 0. The van der Waals surface area contributed by atoms with E-state index < -0.39 is 0 Å². The van der Waals surface area contributed by atoms with Crippen LogP contribution in [0, 0.1) is 13.8 Å². The lowest BCUT2D eigenvalue weighted by atomic mass is 10.1. The number of ether oxygens (including phenoxy) is 1. The van der Waals surface area contributed by atoms with E-state index in [0.717, 1.165) is 55.7 Å². The molecule has 0 amide bonds. The maximum atomic E-state index is 6.14. The number of anilines is 2. The van der Waals surface area contributed by atoms with Gasteiger partial charge in [0, 0.05) is 38.5 Å². The highest BCUT2D eigenvalue weighted by atomic mass is 16.5. The number of rotatable bonds is 5. The number of nitrogens with zero attached hydrogens (tertiary/aromatic N) is 4. The monoisotopic (exact) mass is 330 g/mol. The van der Waals surface area contributed by atoms with Crippen LogP contribution in [0.15, 0.2) is 6.07 Å². The largest absolute Gasteiger partial charge is 0.383 e. The van der Waals surface area contributed by atoms with E-state index in [1.165, 1.54) is 0 Å². The van der Waals surface area contributed by atoms with Gasteiger partial charge in [-0.2, -0.15) is 9.97 Å². The van der Waals surface area contributed by atoms with Gasteiger partial charge in [-0.3, -0.25) is 0 Å². The number of fused-ring (bicyclic) bond motifs is 1. The Balaban J connectivity index is 1.70. The summed E-state index contributed by atoms with van der Waals surface area (Å²) in [5.41, 5.74) is 8.81. The maximum Gasteiger partial charge on any atom is 0.226 e. The normalized spacial score (nSPS) is 16.6. The fourth-order valence-electron chi connectivity index (χ4n) is 3.28. The second-order valence-corrected chi connectivity index (χ2v) is 6.46. The standard InChI is InChI=1S/C17H26N6O/c1-11-10-12(2)19-16-14(11)15(18)21-17(22-16)20-13-4-6-23(7-5-13)8-9-24-3/h10,13H,4-9H2,1-3H3,(H3,18,19,20,21,22). The van der Waals surface area contributed by atoms with Crippen molar-refractivity contribution in [3.63, 3.8) is 0 Å². The van der Waals surface area contributed by atoms with Gasteiger partial charge in [-0.05, 0) is 38.3 Å². The van der Waals surface area contributed by atoms with Crippen LogP contribution in [0.3, 0.4) is 0 Å². The van der Waals surface area contributed by atoms with Crippen LogP contribution in [0.1, 0.15) is 24.1 Å². The molecular weight excluding hydrogens is 304 g/mol. The van der Waals surface area contributed by atoms with Crippen molar-refractivity contribution in [2.45, 2.75) is 32.7 Å². The number of nitrogens with two attached hydrogens (primary N) is 1. The fraction of sp³-hybridized carbons (Fsp3) is 0.588. The van der Waals surface area contributed by atoms with Crippen molar-refractivity contribution in [2.75, 3.05) is 44.4 Å². The molecule has 0 atom stereocenters. The molecule has 1 saturated heterocycles. The number of nitrogens with one attached hydrogen (secondary N) is 1. The summed E-state index contributed by atoms with van der Waals surface area (Å²) in [7, 11) is 1.74. The van der Waals surface area contributed by atoms with Crippen LogP contribution < -0.4 is 11.1 Å². The Morgan fingerprint density at radius 2 is 2.00 bits per heavy atom. The van der Waals surface area contributed by atoms with E-state index in [4.69, 9.17) is 10.5 Å². The van der Waals surface area contributed by atoms with E-state index >= 15 is 0 Å².